The third kappa shape index (κ3) is 2.37. The SMILES string of the molecule is O=C(O)c1oc(-c2ccc(Br)s2)nc1C(F)F. The maximum Gasteiger partial charge on any atom is 0.374 e. The second-order valence-corrected chi connectivity index (χ2v) is 5.41. The molecule has 0 spiro atoms. The van der Waals surface area contributed by atoms with Gasteiger partial charge in [-0.2, -0.15) is 0 Å². The van der Waals surface area contributed by atoms with Crippen LogP contribution in [0.4, 0.5) is 8.78 Å². The zero-order valence-electron chi connectivity index (χ0n) is 7.99. The number of oxazole rings is 1. The van der Waals surface area contributed by atoms with Crippen LogP contribution in [0.3, 0.4) is 0 Å². The summed E-state index contributed by atoms with van der Waals surface area (Å²) in [7, 11) is 0. The molecule has 0 unspecified atom stereocenters. The van der Waals surface area contributed by atoms with Gasteiger partial charge in [-0.15, -0.1) is 11.3 Å². The van der Waals surface area contributed by atoms with Gasteiger partial charge < -0.3 is 9.52 Å². The number of hydrogen-bond donors (Lipinski definition) is 1. The van der Waals surface area contributed by atoms with Crippen molar-refractivity contribution in [3.8, 4) is 10.8 Å². The molecule has 0 fully saturated rings. The minimum absolute atomic E-state index is 0.117. The van der Waals surface area contributed by atoms with Crippen molar-refractivity contribution in [3.05, 3.63) is 27.4 Å². The van der Waals surface area contributed by atoms with E-state index in [0.29, 0.717) is 4.88 Å². The summed E-state index contributed by atoms with van der Waals surface area (Å²) in [5.41, 5.74) is -0.850. The van der Waals surface area contributed by atoms with Gasteiger partial charge in [-0.05, 0) is 28.1 Å². The molecule has 2 heterocycles. The Morgan fingerprint density at radius 2 is 2.24 bits per heavy atom. The first kappa shape index (κ1) is 12.2. The summed E-state index contributed by atoms with van der Waals surface area (Å²) in [6, 6.07) is 3.29. The number of carboxylic acid groups (broad SMARTS) is 1. The smallest absolute Gasteiger partial charge is 0.374 e. The molecule has 0 amide bonds. The number of nitrogens with zero attached hydrogens (tertiary/aromatic N) is 1. The van der Waals surface area contributed by atoms with Gasteiger partial charge in [0.15, 0.2) is 5.69 Å². The van der Waals surface area contributed by atoms with Gasteiger partial charge in [0.05, 0.1) is 8.66 Å². The minimum Gasteiger partial charge on any atom is -0.475 e. The van der Waals surface area contributed by atoms with E-state index in [1.807, 2.05) is 0 Å². The molecule has 90 valence electrons. The minimum atomic E-state index is -2.98. The second kappa shape index (κ2) is 4.53. The van der Waals surface area contributed by atoms with Crippen molar-refractivity contribution in [1.29, 1.82) is 0 Å². The molecule has 0 radical (unpaired) electrons. The molecule has 0 aliphatic carbocycles. The summed E-state index contributed by atoms with van der Waals surface area (Å²) in [6.07, 6.45) is -2.98. The lowest BCUT2D eigenvalue weighted by Crippen LogP contribution is -1.99. The Balaban J connectivity index is 2.50. The van der Waals surface area contributed by atoms with Crippen molar-refractivity contribution in [2.45, 2.75) is 6.43 Å². The quantitative estimate of drug-likeness (QED) is 0.933. The average Bonchev–Trinajstić information content (AvgIpc) is 2.82. The molecule has 0 aliphatic rings. The Morgan fingerprint density at radius 3 is 2.65 bits per heavy atom. The lowest BCUT2D eigenvalue weighted by Gasteiger charge is -1.91. The molecule has 4 nitrogen and oxygen atoms in total. The van der Waals surface area contributed by atoms with Gasteiger partial charge in [0.25, 0.3) is 6.43 Å². The number of thiophene rings is 1. The fourth-order valence-electron chi connectivity index (χ4n) is 1.17. The summed E-state index contributed by atoms with van der Waals surface area (Å²) in [4.78, 5) is 14.7. The van der Waals surface area contributed by atoms with Crippen molar-refractivity contribution < 1.29 is 23.1 Å². The van der Waals surface area contributed by atoms with Crippen molar-refractivity contribution in [1.82, 2.24) is 4.98 Å². The molecule has 2 aromatic rings. The van der Waals surface area contributed by atoms with Gasteiger partial charge in [0.2, 0.25) is 11.7 Å². The van der Waals surface area contributed by atoms with Crippen LogP contribution in [0.25, 0.3) is 10.8 Å². The van der Waals surface area contributed by atoms with Crippen LogP contribution >= 0.6 is 27.3 Å². The number of aromatic nitrogens is 1. The first-order valence-electron chi connectivity index (χ1n) is 4.27. The molecule has 2 rings (SSSR count). The number of alkyl halides is 2. The molecular weight excluding hydrogens is 320 g/mol. The molecular formula is C9H4BrF2NO3S. The Labute approximate surface area is 106 Å². The molecule has 0 atom stereocenters. The van der Waals surface area contributed by atoms with E-state index in [9.17, 15) is 13.6 Å². The monoisotopic (exact) mass is 323 g/mol. The predicted octanol–water partition coefficient (Wildman–Crippen LogP) is 3.80. The number of carboxylic acids is 1. The number of rotatable bonds is 3. The van der Waals surface area contributed by atoms with E-state index in [0.717, 1.165) is 3.79 Å². The van der Waals surface area contributed by atoms with Crippen molar-refractivity contribution >= 4 is 33.2 Å². The number of hydrogen-bond acceptors (Lipinski definition) is 4. The van der Waals surface area contributed by atoms with Crippen LogP contribution in [0.5, 0.6) is 0 Å². The maximum atomic E-state index is 12.5. The first-order valence-corrected chi connectivity index (χ1v) is 5.88. The van der Waals surface area contributed by atoms with E-state index < -0.39 is 23.8 Å². The van der Waals surface area contributed by atoms with E-state index in [1.54, 1.807) is 12.1 Å². The largest absolute Gasteiger partial charge is 0.475 e. The Kier molecular flexibility index (Phi) is 3.25. The van der Waals surface area contributed by atoms with Crippen LogP contribution in [0.2, 0.25) is 0 Å². The Hall–Kier alpha value is -1.28. The van der Waals surface area contributed by atoms with Gasteiger partial charge in [-0.3, -0.25) is 0 Å². The van der Waals surface area contributed by atoms with Gasteiger partial charge in [0, 0.05) is 0 Å². The van der Waals surface area contributed by atoms with Gasteiger partial charge in [0.1, 0.15) is 0 Å². The third-order valence-corrected chi connectivity index (χ3v) is 3.45. The molecule has 0 saturated heterocycles. The normalized spacial score (nSPS) is 11.1. The van der Waals surface area contributed by atoms with Crippen LogP contribution in [-0.2, 0) is 0 Å². The highest BCUT2D eigenvalue weighted by Crippen LogP contribution is 2.33. The van der Waals surface area contributed by atoms with Gasteiger partial charge >= 0.3 is 5.97 Å². The van der Waals surface area contributed by atoms with E-state index in [4.69, 9.17) is 9.52 Å². The second-order valence-electron chi connectivity index (χ2n) is 2.94. The zero-order valence-corrected chi connectivity index (χ0v) is 10.4. The van der Waals surface area contributed by atoms with Crippen molar-refractivity contribution in [3.63, 3.8) is 0 Å². The lowest BCUT2D eigenvalue weighted by molar-refractivity contribution is 0.0647. The Morgan fingerprint density at radius 1 is 1.53 bits per heavy atom. The van der Waals surface area contributed by atoms with Gasteiger partial charge in [-0.1, -0.05) is 0 Å². The molecule has 0 bridgehead atoms. The highest BCUT2D eigenvalue weighted by Gasteiger charge is 2.27. The van der Waals surface area contributed by atoms with E-state index >= 15 is 0 Å². The fourth-order valence-corrected chi connectivity index (χ4v) is 2.48. The summed E-state index contributed by atoms with van der Waals surface area (Å²) < 4.78 is 30.7. The topological polar surface area (TPSA) is 63.3 Å². The highest BCUT2D eigenvalue weighted by molar-refractivity contribution is 9.11. The Bertz CT molecular complexity index is 566. The standard InChI is InChI=1S/C9H4BrF2NO3S/c10-4-2-1-3(17-4)8-13-5(7(11)12)6(16-8)9(14)15/h1-2,7H,(H,14,15). The molecule has 2 aromatic heterocycles. The summed E-state index contributed by atoms with van der Waals surface area (Å²) in [5.74, 6) is -2.50. The summed E-state index contributed by atoms with van der Waals surface area (Å²) >= 11 is 4.41. The highest BCUT2D eigenvalue weighted by atomic mass is 79.9. The predicted molar refractivity (Wildman–Crippen MR) is 59.4 cm³/mol. The number of halogens is 3. The van der Waals surface area contributed by atoms with Gasteiger partial charge in [-0.25, -0.2) is 18.6 Å². The molecule has 0 saturated carbocycles. The fraction of sp³-hybridized carbons (Fsp3) is 0.111. The number of carbonyl (C=O) groups is 1. The van der Waals surface area contributed by atoms with Crippen LogP contribution in [0, 0.1) is 0 Å². The van der Waals surface area contributed by atoms with E-state index in [-0.39, 0.29) is 5.89 Å². The van der Waals surface area contributed by atoms with Crippen molar-refractivity contribution in [2.75, 3.05) is 0 Å². The lowest BCUT2D eigenvalue weighted by atomic mass is 10.3. The average molecular weight is 324 g/mol. The number of aromatic carboxylic acids is 1. The van der Waals surface area contributed by atoms with Crippen LogP contribution in [0.15, 0.2) is 20.3 Å². The molecule has 8 heteroatoms. The van der Waals surface area contributed by atoms with Crippen LogP contribution in [-0.4, -0.2) is 16.1 Å². The third-order valence-electron chi connectivity index (χ3n) is 1.84. The summed E-state index contributed by atoms with van der Waals surface area (Å²) in [6.45, 7) is 0. The maximum absolute atomic E-state index is 12.5. The first-order chi connectivity index (χ1) is 7.99. The molecule has 0 aliphatic heterocycles. The van der Waals surface area contributed by atoms with Crippen LogP contribution in [0.1, 0.15) is 22.7 Å². The molecule has 17 heavy (non-hydrogen) atoms. The molecule has 1 N–H and O–H groups in total. The molecule has 0 aromatic carbocycles. The zero-order chi connectivity index (χ0) is 12.6. The van der Waals surface area contributed by atoms with Crippen molar-refractivity contribution in [2.24, 2.45) is 0 Å². The van der Waals surface area contributed by atoms with E-state index in [2.05, 4.69) is 20.9 Å². The van der Waals surface area contributed by atoms with E-state index in [1.165, 1.54) is 11.3 Å². The van der Waals surface area contributed by atoms with Crippen LogP contribution < -0.4 is 0 Å². The summed E-state index contributed by atoms with van der Waals surface area (Å²) in [5, 5.41) is 8.71.